The molecule has 0 saturated heterocycles. The minimum Gasteiger partial charge on any atom is -0.282 e. The van der Waals surface area contributed by atoms with Crippen LogP contribution in [0.2, 0.25) is 0 Å². The fraction of sp³-hybridized carbons (Fsp3) is 0.0323. The van der Waals surface area contributed by atoms with E-state index in [1.807, 2.05) is 54.6 Å². The molecule has 0 aromatic heterocycles. The van der Waals surface area contributed by atoms with Crippen molar-refractivity contribution in [3.05, 3.63) is 162 Å². The van der Waals surface area contributed by atoms with Gasteiger partial charge in [0.25, 0.3) is 10.1 Å². The summed E-state index contributed by atoms with van der Waals surface area (Å²) in [5.41, 5.74) is 3.36. The molecular formula is C31H24O3S2. The van der Waals surface area contributed by atoms with Gasteiger partial charge in [-0.05, 0) is 58.7 Å². The Morgan fingerprint density at radius 1 is 0.472 bits per heavy atom. The molecule has 0 aliphatic carbocycles. The van der Waals surface area contributed by atoms with E-state index in [0.29, 0.717) is 0 Å². The van der Waals surface area contributed by atoms with Gasteiger partial charge in [0.2, 0.25) is 0 Å². The maximum Gasteiger partial charge on any atom is 0.294 e. The third-order valence-corrected chi connectivity index (χ3v) is 8.15. The molecule has 0 radical (unpaired) electrons. The molecule has 0 heterocycles. The lowest BCUT2D eigenvalue weighted by molar-refractivity contribution is 0.483. The first-order valence-corrected chi connectivity index (χ1v) is 13.8. The fourth-order valence-electron chi connectivity index (χ4n) is 4.65. The summed E-state index contributed by atoms with van der Waals surface area (Å²) in [6.07, 6.45) is 0. The zero-order valence-corrected chi connectivity index (χ0v) is 21.0. The highest BCUT2D eigenvalue weighted by molar-refractivity contribution is 7.99. The Bertz CT molecular complexity index is 1490. The summed E-state index contributed by atoms with van der Waals surface area (Å²) in [6, 6.07) is 45.7. The van der Waals surface area contributed by atoms with Gasteiger partial charge < -0.3 is 0 Å². The summed E-state index contributed by atoms with van der Waals surface area (Å²) in [5.74, 6) is 0. The van der Waals surface area contributed by atoms with Crippen LogP contribution >= 0.6 is 11.8 Å². The van der Waals surface area contributed by atoms with Crippen molar-refractivity contribution < 1.29 is 13.0 Å². The normalized spacial score (nSPS) is 11.8. The molecule has 0 aliphatic rings. The molecule has 3 nitrogen and oxygen atoms in total. The lowest BCUT2D eigenvalue weighted by Gasteiger charge is -2.37. The van der Waals surface area contributed by atoms with E-state index in [2.05, 4.69) is 60.7 Å². The average molecular weight is 509 g/mol. The third kappa shape index (κ3) is 4.73. The van der Waals surface area contributed by atoms with Gasteiger partial charge in [-0.2, -0.15) is 8.42 Å². The molecule has 36 heavy (non-hydrogen) atoms. The molecule has 0 bridgehead atoms. The Kier molecular flexibility index (Phi) is 6.79. The minimum absolute atomic E-state index is 0.129. The van der Waals surface area contributed by atoms with Gasteiger partial charge in [-0.25, -0.2) is 0 Å². The van der Waals surface area contributed by atoms with E-state index in [1.165, 1.54) is 17.0 Å². The van der Waals surface area contributed by atoms with Gasteiger partial charge in [0.05, 0.1) is 10.3 Å². The van der Waals surface area contributed by atoms with Crippen LogP contribution in [0.1, 0.15) is 22.3 Å². The Balaban J connectivity index is 1.72. The topological polar surface area (TPSA) is 54.4 Å². The molecule has 0 aliphatic heterocycles. The third-order valence-electron chi connectivity index (χ3n) is 6.27. The largest absolute Gasteiger partial charge is 0.294 e. The van der Waals surface area contributed by atoms with Gasteiger partial charge in [-0.3, -0.25) is 4.55 Å². The smallest absolute Gasteiger partial charge is 0.282 e. The van der Waals surface area contributed by atoms with E-state index in [-0.39, 0.29) is 4.90 Å². The second kappa shape index (κ2) is 10.2. The molecule has 178 valence electrons. The molecule has 1 N–H and O–H groups in total. The summed E-state index contributed by atoms with van der Waals surface area (Å²) in [7, 11) is -4.30. The highest BCUT2D eigenvalue weighted by atomic mass is 32.2. The average Bonchev–Trinajstić information content (AvgIpc) is 2.92. The van der Waals surface area contributed by atoms with Crippen LogP contribution in [0.5, 0.6) is 0 Å². The second-order valence-electron chi connectivity index (χ2n) is 8.42. The van der Waals surface area contributed by atoms with Gasteiger partial charge in [-0.1, -0.05) is 115 Å². The predicted octanol–water partition coefficient (Wildman–Crippen LogP) is 7.47. The van der Waals surface area contributed by atoms with Crippen LogP contribution in [0.4, 0.5) is 0 Å². The lowest BCUT2D eigenvalue weighted by atomic mass is 9.65. The number of rotatable bonds is 7. The molecule has 0 fully saturated rings. The standard InChI is InChI=1S/C31H24O3S2/c32-36(33,34)30-22-18-27(19-23-30)31(24-10-4-1-5-11-24,25-12-6-2-7-13-25)26-16-20-29(21-17-26)35-28-14-8-3-9-15-28/h1-23H,(H,32,33,34). The summed E-state index contributed by atoms with van der Waals surface area (Å²) in [5, 5.41) is 0. The van der Waals surface area contributed by atoms with Crippen molar-refractivity contribution in [3.8, 4) is 0 Å². The molecule has 0 atom stereocenters. The van der Waals surface area contributed by atoms with E-state index in [4.69, 9.17) is 0 Å². The maximum atomic E-state index is 11.7. The second-order valence-corrected chi connectivity index (χ2v) is 11.0. The van der Waals surface area contributed by atoms with Crippen LogP contribution in [0.25, 0.3) is 0 Å². The van der Waals surface area contributed by atoms with Crippen molar-refractivity contribution in [1.82, 2.24) is 0 Å². The van der Waals surface area contributed by atoms with E-state index in [1.54, 1.807) is 23.9 Å². The molecule has 0 saturated carbocycles. The van der Waals surface area contributed by atoms with E-state index in [0.717, 1.165) is 27.1 Å². The van der Waals surface area contributed by atoms with Gasteiger partial charge >= 0.3 is 0 Å². The van der Waals surface area contributed by atoms with Gasteiger partial charge in [0, 0.05) is 9.79 Å². The molecule has 5 rings (SSSR count). The first-order chi connectivity index (χ1) is 17.5. The van der Waals surface area contributed by atoms with Gasteiger partial charge in [0.15, 0.2) is 0 Å². The van der Waals surface area contributed by atoms with Crippen LogP contribution in [0, 0.1) is 0 Å². The molecule has 0 unspecified atom stereocenters. The zero-order chi connectivity index (χ0) is 25.0. The Hall–Kier alpha value is -3.64. The minimum atomic E-state index is -4.30. The monoisotopic (exact) mass is 508 g/mol. The van der Waals surface area contributed by atoms with Crippen molar-refractivity contribution in [2.24, 2.45) is 0 Å². The molecule has 5 aromatic carbocycles. The molecular weight excluding hydrogens is 484 g/mol. The first-order valence-electron chi connectivity index (χ1n) is 11.5. The van der Waals surface area contributed by atoms with Crippen molar-refractivity contribution in [2.75, 3.05) is 0 Å². The predicted molar refractivity (Wildman–Crippen MR) is 145 cm³/mol. The van der Waals surface area contributed by atoms with Gasteiger partial charge in [0.1, 0.15) is 0 Å². The zero-order valence-electron chi connectivity index (χ0n) is 19.4. The lowest BCUT2D eigenvalue weighted by Crippen LogP contribution is -2.31. The Labute approximate surface area is 216 Å². The van der Waals surface area contributed by atoms with Crippen LogP contribution in [-0.2, 0) is 15.5 Å². The van der Waals surface area contributed by atoms with E-state index < -0.39 is 15.5 Å². The van der Waals surface area contributed by atoms with E-state index in [9.17, 15) is 13.0 Å². The number of hydrogen-bond donors (Lipinski definition) is 1. The highest BCUT2D eigenvalue weighted by Crippen LogP contribution is 2.45. The van der Waals surface area contributed by atoms with Crippen LogP contribution in [0.3, 0.4) is 0 Å². The first kappa shape index (κ1) is 24.1. The maximum absolute atomic E-state index is 11.7. The quantitative estimate of drug-likeness (QED) is 0.183. The van der Waals surface area contributed by atoms with Crippen LogP contribution in [0.15, 0.2) is 154 Å². The summed E-state index contributed by atoms with van der Waals surface area (Å²) < 4.78 is 33.0. The number of hydrogen-bond acceptors (Lipinski definition) is 3. The van der Waals surface area contributed by atoms with Crippen molar-refractivity contribution in [1.29, 1.82) is 0 Å². The summed E-state index contributed by atoms with van der Waals surface area (Å²) >= 11 is 1.70. The van der Waals surface area contributed by atoms with E-state index >= 15 is 0 Å². The van der Waals surface area contributed by atoms with Crippen molar-refractivity contribution in [3.63, 3.8) is 0 Å². The molecule has 5 aromatic rings. The summed E-state index contributed by atoms with van der Waals surface area (Å²) in [6.45, 7) is 0. The number of benzene rings is 5. The van der Waals surface area contributed by atoms with Gasteiger partial charge in [-0.15, -0.1) is 0 Å². The van der Waals surface area contributed by atoms with Crippen molar-refractivity contribution in [2.45, 2.75) is 20.1 Å². The summed E-state index contributed by atoms with van der Waals surface area (Å²) in [4.78, 5) is 2.17. The Morgan fingerprint density at radius 2 is 0.833 bits per heavy atom. The highest BCUT2D eigenvalue weighted by Gasteiger charge is 2.38. The fourth-order valence-corrected chi connectivity index (χ4v) is 5.97. The van der Waals surface area contributed by atoms with Crippen molar-refractivity contribution >= 4 is 21.9 Å². The Morgan fingerprint density at radius 3 is 1.28 bits per heavy atom. The van der Waals surface area contributed by atoms with Crippen LogP contribution in [-0.4, -0.2) is 13.0 Å². The molecule has 0 amide bonds. The molecule has 5 heteroatoms. The van der Waals surface area contributed by atoms with Crippen LogP contribution < -0.4 is 0 Å². The SMILES string of the molecule is O=S(=O)(O)c1ccc(C(c2ccccc2)(c2ccccc2)c2ccc(Sc3ccccc3)cc2)cc1. The molecule has 0 spiro atoms.